The first-order chi connectivity index (χ1) is 25.7. The monoisotopic (exact) mass is 742 g/mol. The quantitative estimate of drug-likeness (QED) is 0.0861. The largest absolute Gasteiger partial charge is 0.493 e. The predicted molar refractivity (Wildman–Crippen MR) is 202 cm³/mol. The van der Waals surface area contributed by atoms with Crippen LogP contribution < -0.4 is 19.5 Å². The summed E-state index contributed by atoms with van der Waals surface area (Å²) in [6.45, 7) is 6.73. The Hall–Kier alpha value is -4.70. The van der Waals surface area contributed by atoms with Crippen LogP contribution in [0.1, 0.15) is 59.1 Å². The molecule has 11 nitrogen and oxygen atoms in total. The van der Waals surface area contributed by atoms with Gasteiger partial charge in [0, 0.05) is 42.7 Å². The number of likely N-dealkylation sites (tertiary alicyclic amines) is 1. The van der Waals surface area contributed by atoms with E-state index in [2.05, 4.69) is 35.4 Å². The van der Waals surface area contributed by atoms with E-state index in [9.17, 15) is 20.3 Å². The molecule has 53 heavy (non-hydrogen) atoms. The van der Waals surface area contributed by atoms with E-state index in [1.54, 1.807) is 24.4 Å². The number of aliphatic carboxylic acids is 1. The highest BCUT2D eigenvalue weighted by molar-refractivity contribution is 6.32. The number of nitriles is 1. The molecule has 1 fully saturated rings. The molecule has 4 N–H and O–H groups in total. The fraction of sp³-hybridized carbons (Fsp3) is 0.390. The van der Waals surface area contributed by atoms with Crippen LogP contribution in [0.4, 0.5) is 0 Å². The highest BCUT2D eigenvalue weighted by Crippen LogP contribution is 2.37. The number of hydrogen-bond donors (Lipinski definition) is 4. The molecule has 0 radical (unpaired) electrons. The third kappa shape index (κ3) is 10.7. The number of nitrogens with one attached hydrogen (secondary N) is 1. The predicted octanol–water partition coefficient (Wildman–Crippen LogP) is 6.20. The van der Waals surface area contributed by atoms with E-state index < -0.39 is 18.1 Å². The van der Waals surface area contributed by atoms with Gasteiger partial charge in [0.15, 0.2) is 0 Å². The molecular weight excluding hydrogens is 696 g/mol. The number of carboxylic acid groups (broad SMARTS) is 1. The molecule has 2 heterocycles. The molecule has 12 heteroatoms. The molecule has 0 amide bonds. The molecule has 1 aliphatic rings. The van der Waals surface area contributed by atoms with Gasteiger partial charge in [0.1, 0.15) is 42.6 Å². The van der Waals surface area contributed by atoms with Crippen molar-refractivity contribution in [2.24, 2.45) is 0 Å². The first-order valence-electron chi connectivity index (χ1n) is 17.9. The van der Waals surface area contributed by atoms with Crippen LogP contribution in [0.5, 0.6) is 17.2 Å². The minimum absolute atomic E-state index is 0.147. The molecule has 0 bridgehead atoms. The van der Waals surface area contributed by atoms with Gasteiger partial charge in [0.05, 0.1) is 29.9 Å². The lowest BCUT2D eigenvalue weighted by Crippen LogP contribution is -2.44. The Labute approximate surface area is 315 Å². The molecule has 0 aliphatic carbocycles. The van der Waals surface area contributed by atoms with Gasteiger partial charge in [-0.2, -0.15) is 5.26 Å². The molecule has 4 aromatic rings. The molecule has 2 atom stereocenters. The van der Waals surface area contributed by atoms with Crippen LogP contribution in [0.15, 0.2) is 67.0 Å². The maximum atomic E-state index is 12.1. The van der Waals surface area contributed by atoms with Crippen molar-refractivity contribution >= 4 is 17.6 Å². The molecular formula is C41H47ClN4O7. The number of ether oxygens (including phenoxy) is 3. The Morgan fingerprint density at radius 2 is 1.77 bits per heavy atom. The smallest absolute Gasteiger partial charge is 0.320 e. The third-order valence-electron chi connectivity index (χ3n) is 9.46. The van der Waals surface area contributed by atoms with Gasteiger partial charge in [-0.3, -0.25) is 14.7 Å². The van der Waals surface area contributed by atoms with Crippen LogP contribution in [-0.4, -0.2) is 76.2 Å². The number of aliphatic hydroxyl groups excluding tert-OH is 2. The summed E-state index contributed by atoms with van der Waals surface area (Å²) in [5.41, 5.74) is 7.05. The van der Waals surface area contributed by atoms with Crippen molar-refractivity contribution in [3.63, 3.8) is 0 Å². The van der Waals surface area contributed by atoms with E-state index in [0.29, 0.717) is 61.3 Å². The van der Waals surface area contributed by atoms with Crippen LogP contribution in [-0.2, 0) is 24.6 Å². The summed E-state index contributed by atoms with van der Waals surface area (Å²) in [7, 11) is 0. The average molecular weight is 743 g/mol. The van der Waals surface area contributed by atoms with Crippen LogP contribution in [0.3, 0.4) is 0 Å². The van der Waals surface area contributed by atoms with E-state index >= 15 is 0 Å². The Kier molecular flexibility index (Phi) is 14.5. The average Bonchev–Trinajstić information content (AvgIpc) is 3.16. The zero-order valence-electron chi connectivity index (χ0n) is 30.2. The molecule has 2 unspecified atom stereocenters. The van der Waals surface area contributed by atoms with E-state index in [4.69, 9.17) is 30.9 Å². The normalized spacial score (nSPS) is 15.1. The first kappa shape index (κ1) is 39.5. The fourth-order valence-corrected chi connectivity index (χ4v) is 6.71. The number of rotatable bonds is 18. The van der Waals surface area contributed by atoms with E-state index in [0.717, 1.165) is 64.0 Å². The summed E-state index contributed by atoms with van der Waals surface area (Å²) in [5.74, 6) is 0.899. The molecule has 5 rings (SSSR count). The summed E-state index contributed by atoms with van der Waals surface area (Å²) in [6.07, 6.45) is 5.47. The van der Waals surface area contributed by atoms with Crippen LogP contribution >= 0.6 is 11.6 Å². The van der Waals surface area contributed by atoms with Gasteiger partial charge < -0.3 is 34.8 Å². The molecule has 1 saturated heterocycles. The SMILES string of the molecule is Cc1c(COc2cc(OCc3cncc(C#N)c3)c(CN3CCCCC3C(=O)O)cc2Cl)cccc1-c1cccc(OCCCNCC(O)CO)c1C. The second-order valence-corrected chi connectivity index (χ2v) is 13.6. The van der Waals surface area contributed by atoms with Crippen molar-refractivity contribution in [1.82, 2.24) is 15.2 Å². The minimum Gasteiger partial charge on any atom is -0.493 e. The highest BCUT2D eigenvalue weighted by Gasteiger charge is 2.29. The summed E-state index contributed by atoms with van der Waals surface area (Å²) >= 11 is 6.84. The van der Waals surface area contributed by atoms with E-state index in [1.807, 2.05) is 36.1 Å². The number of benzene rings is 3. The van der Waals surface area contributed by atoms with E-state index in [-0.39, 0.29) is 19.8 Å². The number of carboxylic acids is 1. The van der Waals surface area contributed by atoms with Gasteiger partial charge in [-0.15, -0.1) is 0 Å². The summed E-state index contributed by atoms with van der Waals surface area (Å²) in [6, 6.07) is 18.9. The number of aromatic nitrogens is 1. The molecule has 1 aromatic heterocycles. The van der Waals surface area contributed by atoms with Crippen LogP contribution in [0.25, 0.3) is 11.1 Å². The van der Waals surface area contributed by atoms with Crippen molar-refractivity contribution in [2.75, 3.05) is 32.8 Å². The number of nitrogens with zero attached hydrogens (tertiary/aromatic N) is 3. The molecule has 0 spiro atoms. The van der Waals surface area contributed by atoms with Crippen LogP contribution in [0, 0.1) is 25.2 Å². The number of carbonyl (C=O) groups is 1. The first-order valence-corrected chi connectivity index (χ1v) is 18.3. The Bertz CT molecular complexity index is 1900. The topological polar surface area (TPSA) is 157 Å². The minimum atomic E-state index is -0.842. The van der Waals surface area contributed by atoms with Crippen molar-refractivity contribution in [3.8, 4) is 34.4 Å². The highest BCUT2D eigenvalue weighted by atomic mass is 35.5. The molecule has 3 aromatic carbocycles. The number of pyridine rings is 1. The van der Waals surface area contributed by atoms with Gasteiger partial charge in [0.2, 0.25) is 0 Å². The number of aliphatic hydroxyl groups is 2. The Morgan fingerprint density at radius 3 is 2.55 bits per heavy atom. The zero-order valence-corrected chi connectivity index (χ0v) is 30.9. The van der Waals surface area contributed by atoms with Crippen molar-refractivity contribution in [3.05, 3.63) is 105 Å². The van der Waals surface area contributed by atoms with Gasteiger partial charge in [-0.25, -0.2) is 0 Å². The van der Waals surface area contributed by atoms with E-state index in [1.165, 1.54) is 6.20 Å². The van der Waals surface area contributed by atoms with Crippen LogP contribution in [0.2, 0.25) is 5.02 Å². The standard InChI is InChI=1S/C41H47ClN4O7/c1-27-31(8-5-9-34(27)35-10-6-12-38(28(35)2)51-15-7-13-44-22-33(48)24-47)26-53-40-18-39(52-25-30-16-29(19-43)20-45-21-30)32(17-36(40)42)23-46-14-4-3-11-37(46)41(49)50/h5-6,8-10,12,16-18,20-21,33,37,44,47-48H,3-4,7,11,13-15,22-26H2,1-2H3,(H,49,50). The maximum Gasteiger partial charge on any atom is 0.320 e. The van der Waals surface area contributed by atoms with Gasteiger partial charge in [-0.1, -0.05) is 48.4 Å². The summed E-state index contributed by atoms with van der Waals surface area (Å²) in [5, 5.41) is 41.2. The number of halogens is 1. The van der Waals surface area contributed by atoms with Gasteiger partial charge >= 0.3 is 5.97 Å². The van der Waals surface area contributed by atoms with Crippen molar-refractivity contribution < 1.29 is 34.3 Å². The molecule has 1 aliphatic heterocycles. The zero-order chi connectivity index (χ0) is 37.7. The molecule has 280 valence electrons. The van der Waals surface area contributed by atoms with Crippen molar-refractivity contribution in [1.29, 1.82) is 5.26 Å². The lowest BCUT2D eigenvalue weighted by atomic mass is 9.93. The number of hydrogen-bond acceptors (Lipinski definition) is 10. The number of piperidine rings is 1. The second-order valence-electron chi connectivity index (χ2n) is 13.2. The van der Waals surface area contributed by atoms with Crippen molar-refractivity contribution in [2.45, 2.75) is 71.4 Å². The summed E-state index contributed by atoms with van der Waals surface area (Å²) < 4.78 is 18.8. The Morgan fingerprint density at radius 1 is 1.00 bits per heavy atom. The van der Waals surface area contributed by atoms with Gasteiger partial charge in [0.25, 0.3) is 0 Å². The third-order valence-corrected chi connectivity index (χ3v) is 9.75. The Balaban J connectivity index is 1.32. The van der Waals surface area contributed by atoms with Gasteiger partial charge in [-0.05, 0) is 92.2 Å². The summed E-state index contributed by atoms with van der Waals surface area (Å²) in [4.78, 5) is 18.1. The molecule has 0 saturated carbocycles. The lowest BCUT2D eigenvalue weighted by molar-refractivity contribution is -0.144. The lowest BCUT2D eigenvalue weighted by Gasteiger charge is -2.33. The fourth-order valence-electron chi connectivity index (χ4n) is 6.47. The maximum absolute atomic E-state index is 12.1. The second kappa shape index (κ2) is 19.4.